The van der Waals surface area contributed by atoms with Crippen molar-refractivity contribution in [3.05, 3.63) is 0 Å². The minimum atomic E-state index is 0. The maximum absolute atomic E-state index is 8.00. The molecular weight excluding hydrogens is 232 g/mol. The lowest BCUT2D eigenvalue weighted by molar-refractivity contribution is -0.00341. The molecule has 0 N–H and O–H groups in total. The Labute approximate surface area is 105 Å². The molecule has 0 aromatic rings. The van der Waals surface area contributed by atoms with Gasteiger partial charge >= 0.3 is 0 Å². The first-order valence-corrected chi connectivity index (χ1v) is 5.74. The molecule has 0 saturated heterocycles. The molecule has 0 aliphatic heterocycles. The van der Waals surface area contributed by atoms with Crippen LogP contribution in [-0.4, -0.2) is 0 Å². The van der Waals surface area contributed by atoms with Crippen LogP contribution in [0.2, 0.25) is 0 Å². The lowest BCUT2D eigenvalue weighted by Gasteiger charge is -2.50. The van der Waals surface area contributed by atoms with Gasteiger partial charge in [-0.1, -0.05) is 35.1 Å². The normalized spacial score (nSPS) is 36.7. The standard InChI is InChI=1S/C12H22.CH4.2F2.H2.H/c1-9-7-10-5-6-12(4,8-10)11(9,2)3;;2*1-2;;/h9-10H,5-8H2,1-4H3;1H4;;;1H;/q;;;;;-1/t9?,10-,12?;;;;;/m0...../s1/i;;;;2*1+2. The van der Waals surface area contributed by atoms with Gasteiger partial charge in [0.15, 0.2) is 0 Å². The highest BCUT2D eigenvalue weighted by Crippen LogP contribution is 2.62. The smallest absolute Gasteiger partial charge is 0 e. The minimum absolute atomic E-state index is 0. The van der Waals surface area contributed by atoms with E-state index in [0.717, 1.165) is 11.8 Å². The molecule has 2 aliphatic carbocycles. The van der Waals surface area contributed by atoms with Crippen molar-refractivity contribution in [2.24, 2.45) is 22.7 Å². The van der Waals surface area contributed by atoms with Gasteiger partial charge in [0.1, 0.15) is 0 Å². The van der Waals surface area contributed by atoms with Gasteiger partial charge in [-0.25, -0.2) is 0 Å². The lowest BCUT2D eigenvalue weighted by Crippen LogP contribution is -2.41. The van der Waals surface area contributed by atoms with Crippen molar-refractivity contribution in [1.82, 2.24) is 0 Å². The van der Waals surface area contributed by atoms with Gasteiger partial charge in [-0.2, -0.15) is 0 Å². The molecule has 0 heterocycles. The maximum Gasteiger partial charge on any atom is 0 e. The summed E-state index contributed by atoms with van der Waals surface area (Å²) in [6.45, 7) is 9.94. The van der Waals surface area contributed by atoms with Gasteiger partial charge < -0.3 is 1.43 Å². The SMILES string of the molecule is C.CC1C[C@@H]2CCC(C)(C2)C1(C)C.FF.FF.[3H-].[3HH]. The predicted octanol–water partition coefficient (Wildman–Crippen LogP) is 6.53. The molecule has 0 aromatic heterocycles. The van der Waals surface area contributed by atoms with Crippen molar-refractivity contribution in [3.8, 4) is 0 Å². The molecule has 2 rings (SSSR count). The summed E-state index contributed by atoms with van der Waals surface area (Å²) in [6, 6.07) is 0. The van der Waals surface area contributed by atoms with Gasteiger partial charge in [-0.15, -0.1) is 0 Å². The lowest BCUT2D eigenvalue weighted by atomic mass is 9.55. The molecule has 2 bridgehead atoms. The van der Waals surface area contributed by atoms with E-state index in [4.69, 9.17) is 18.3 Å². The molecule has 110 valence electrons. The molecule has 4 heteroatoms. The van der Waals surface area contributed by atoms with Gasteiger partial charge in [0.25, 0.3) is 0 Å². The molecule has 2 saturated carbocycles. The summed E-state index contributed by atoms with van der Waals surface area (Å²) in [6.07, 6.45) is 5.98. The number of hydrogen-bond acceptors (Lipinski definition) is 0. The molecular formula is C13H29F4-. The van der Waals surface area contributed by atoms with Crippen LogP contribution in [0.4, 0.5) is 18.3 Å². The Kier molecular flexibility index (Phi) is 8.10. The second-order valence-corrected chi connectivity index (χ2v) is 6.03. The molecule has 0 aromatic carbocycles. The van der Waals surface area contributed by atoms with Crippen LogP contribution in [0.25, 0.3) is 0 Å². The Hall–Kier alpha value is -0.280. The van der Waals surface area contributed by atoms with Crippen molar-refractivity contribution in [2.45, 2.75) is 60.8 Å². The molecule has 0 radical (unpaired) electrons. The Morgan fingerprint density at radius 1 is 1.12 bits per heavy atom. The number of fused-ring (bicyclic) bond motifs is 2. The second-order valence-electron chi connectivity index (χ2n) is 6.03. The summed E-state index contributed by atoms with van der Waals surface area (Å²) in [5.74, 6) is 2.00. The van der Waals surface area contributed by atoms with Crippen molar-refractivity contribution in [1.29, 1.82) is 0 Å². The summed E-state index contributed by atoms with van der Waals surface area (Å²) in [7, 11) is 0. The highest BCUT2D eigenvalue weighted by molar-refractivity contribution is 5.02. The summed E-state index contributed by atoms with van der Waals surface area (Å²) in [5, 5.41) is 0. The quantitative estimate of drug-likeness (QED) is 0.436. The number of rotatable bonds is 0. The van der Waals surface area contributed by atoms with Crippen LogP contribution in [0.3, 0.4) is 0 Å². The second kappa shape index (κ2) is 7.22. The van der Waals surface area contributed by atoms with Gasteiger partial charge in [0, 0.05) is 19.7 Å². The third-order valence-electron chi connectivity index (χ3n) is 5.32. The summed E-state index contributed by atoms with van der Waals surface area (Å²) < 4.78 is 32.0. The van der Waals surface area contributed by atoms with Crippen LogP contribution in [0, 0.1) is 22.7 Å². The number of halogens is 4. The molecule has 17 heavy (non-hydrogen) atoms. The Bertz CT molecular complexity index is 212. The van der Waals surface area contributed by atoms with Gasteiger partial charge in [-0.3, -0.25) is 0 Å². The fourth-order valence-corrected chi connectivity index (χ4v) is 3.54. The predicted molar refractivity (Wildman–Crippen MR) is 67.4 cm³/mol. The van der Waals surface area contributed by atoms with E-state index in [1.54, 1.807) is 0 Å². The maximum atomic E-state index is 8.00. The molecule has 2 aliphatic rings. The fraction of sp³-hybridized carbons (Fsp3) is 1.00. The zero-order valence-corrected chi connectivity index (χ0v) is 10.5. The Morgan fingerprint density at radius 3 is 2.06 bits per heavy atom. The van der Waals surface area contributed by atoms with Crippen LogP contribution in [0.5, 0.6) is 0 Å². The average molecular weight is 265 g/mol. The van der Waals surface area contributed by atoms with Crippen LogP contribution < -0.4 is 0 Å². The van der Waals surface area contributed by atoms with Gasteiger partial charge in [-0.05, 0) is 48.3 Å². The van der Waals surface area contributed by atoms with E-state index in [1.165, 1.54) is 25.7 Å². The first-order chi connectivity index (χ1) is 7.46. The van der Waals surface area contributed by atoms with Crippen molar-refractivity contribution < 1.29 is 21.2 Å². The van der Waals surface area contributed by atoms with E-state index >= 15 is 0 Å². The third-order valence-corrected chi connectivity index (χ3v) is 5.32. The topological polar surface area (TPSA) is 0 Å². The summed E-state index contributed by atoms with van der Waals surface area (Å²) in [4.78, 5) is 0. The van der Waals surface area contributed by atoms with Crippen molar-refractivity contribution >= 4 is 0 Å². The zero-order chi connectivity index (χ0) is 13.0. The summed E-state index contributed by atoms with van der Waals surface area (Å²) in [5.41, 5.74) is 1.25. The highest BCUT2D eigenvalue weighted by atomic mass is 20.0. The molecule has 0 amide bonds. The van der Waals surface area contributed by atoms with Gasteiger partial charge in [0.05, 0.1) is 0 Å². The van der Waals surface area contributed by atoms with Crippen LogP contribution in [0.1, 0.15) is 63.7 Å². The minimum Gasteiger partial charge on any atom is -1.00 e. The molecule has 3 atom stereocenters. The summed E-state index contributed by atoms with van der Waals surface area (Å²) >= 11 is 0. The average Bonchev–Trinajstić information content (AvgIpc) is 2.63. The van der Waals surface area contributed by atoms with Crippen LogP contribution in [-0.2, 0) is 0 Å². The van der Waals surface area contributed by atoms with E-state index in [2.05, 4.69) is 27.7 Å². The first-order valence-electron chi connectivity index (χ1n) is 5.74. The highest BCUT2D eigenvalue weighted by Gasteiger charge is 2.52. The van der Waals surface area contributed by atoms with Crippen LogP contribution >= 0.6 is 0 Å². The zero-order valence-electron chi connectivity index (χ0n) is 11.5. The third kappa shape index (κ3) is 3.35. The number of hydrogen-bond donors (Lipinski definition) is 0. The molecule has 0 nitrogen and oxygen atoms in total. The van der Waals surface area contributed by atoms with E-state index in [-0.39, 0.29) is 10.3 Å². The molecule has 2 unspecified atom stereocenters. The fourth-order valence-electron chi connectivity index (χ4n) is 3.54. The largest absolute Gasteiger partial charge is 1.00 e. The van der Waals surface area contributed by atoms with E-state index in [1.807, 2.05) is 0 Å². The molecule has 0 spiro atoms. The first kappa shape index (κ1) is 19.1. The van der Waals surface area contributed by atoms with Crippen LogP contribution in [0.15, 0.2) is 0 Å². The Morgan fingerprint density at radius 2 is 1.59 bits per heavy atom. The van der Waals surface area contributed by atoms with E-state index in [9.17, 15) is 0 Å². The molecule has 2 fully saturated rings. The van der Waals surface area contributed by atoms with Crippen molar-refractivity contribution in [2.75, 3.05) is 0 Å². The monoisotopic (exact) mass is 265 g/mol. The van der Waals surface area contributed by atoms with E-state index < -0.39 is 0 Å². The van der Waals surface area contributed by atoms with Crippen molar-refractivity contribution in [3.63, 3.8) is 0 Å². The Balaban J connectivity index is -0.000000148. The van der Waals surface area contributed by atoms with Gasteiger partial charge in [0.2, 0.25) is 0 Å². The van der Waals surface area contributed by atoms with E-state index in [0.29, 0.717) is 10.8 Å².